The Morgan fingerprint density at radius 3 is 3.00 bits per heavy atom. The third-order valence-electron chi connectivity index (χ3n) is 4.85. The monoisotopic (exact) mass is 337 g/mol. The Bertz CT molecular complexity index is 1000. The van der Waals surface area contributed by atoms with E-state index in [9.17, 15) is 9.59 Å². The van der Waals surface area contributed by atoms with Gasteiger partial charge in [0.1, 0.15) is 0 Å². The number of aromatic amines is 1. The molecule has 1 unspecified atom stereocenters. The summed E-state index contributed by atoms with van der Waals surface area (Å²) in [4.78, 5) is 24.7. The van der Waals surface area contributed by atoms with Crippen molar-refractivity contribution >= 4 is 16.7 Å². The van der Waals surface area contributed by atoms with Crippen molar-refractivity contribution in [2.45, 2.75) is 25.8 Å². The molecule has 128 valence electrons. The van der Waals surface area contributed by atoms with Crippen LogP contribution in [0.15, 0.2) is 35.3 Å². The van der Waals surface area contributed by atoms with E-state index in [1.54, 1.807) is 19.3 Å². The Balaban J connectivity index is 1.52. The SMILES string of the molecule is Cn1nc(CNC(=O)C2CCc3[nH]ncc3C2)c2ccccc2c1=O. The molecule has 0 radical (unpaired) electrons. The number of fused-ring (bicyclic) bond motifs is 2. The highest BCUT2D eigenvalue weighted by Crippen LogP contribution is 2.24. The van der Waals surface area contributed by atoms with Gasteiger partial charge in [-0.2, -0.15) is 10.2 Å². The van der Waals surface area contributed by atoms with E-state index in [0.29, 0.717) is 24.0 Å². The molecule has 4 rings (SSSR count). The van der Waals surface area contributed by atoms with Gasteiger partial charge in [-0.25, -0.2) is 4.68 Å². The number of rotatable bonds is 3. The number of amides is 1. The van der Waals surface area contributed by atoms with E-state index in [-0.39, 0.29) is 17.4 Å². The zero-order chi connectivity index (χ0) is 17.4. The number of aromatic nitrogens is 4. The second-order valence-corrected chi connectivity index (χ2v) is 6.45. The van der Waals surface area contributed by atoms with Gasteiger partial charge >= 0.3 is 0 Å². The van der Waals surface area contributed by atoms with Gasteiger partial charge in [0, 0.05) is 24.0 Å². The summed E-state index contributed by atoms with van der Waals surface area (Å²) >= 11 is 0. The van der Waals surface area contributed by atoms with Crippen LogP contribution in [-0.4, -0.2) is 25.9 Å². The fraction of sp³-hybridized carbons (Fsp3) is 0.333. The summed E-state index contributed by atoms with van der Waals surface area (Å²) in [6.45, 7) is 0.308. The predicted octanol–water partition coefficient (Wildman–Crippen LogP) is 1.08. The Hall–Kier alpha value is -2.96. The second kappa shape index (κ2) is 6.16. The Kier molecular flexibility index (Phi) is 3.83. The number of nitrogens with zero attached hydrogens (tertiary/aromatic N) is 3. The number of hydrogen-bond acceptors (Lipinski definition) is 4. The summed E-state index contributed by atoms with van der Waals surface area (Å²) in [7, 11) is 1.63. The molecule has 0 saturated carbocycles. The van der Waals surface area contributed by atoms with Gasteiger partial charge in [0.15, 0.2) is 0 Å². The van der Waals surface area contributed by atoms with Gasteiger partial charge in [-0.15, -0.1) is 0 Å². The van der Waals surface area contributed by atoms with Crippen LogP contribution in [0.3, 0.4) is 0 Å². The Labute approximate surface area is 144 Å². The lowest BCUT2D eigenvalue weighted by molar-refractivity contribution is -0.125. The fourth-order valence-electron chi connectivity index (χ4n) is 3.46. The summed E-state index contributed by atoms with van der Waals surface area (Å²) in [6.07, 6.45) is 4.16. The zero-order valence-corrected chi connectivity index (χ0v) is 14.0. The molecular formula is C18H19N5O2. The summed E-state index contributed by atoms with van der Waals surface area (Å²) < 4.78 is 1.32. The Morgan fingerprint density at radius 2 is 2.16 bits per heavy atom. The molecule has 0 spiro atoms. The summed E-state index contributed by atoms with van der Waals surface area (Å²) in [6, 6.07) is 7.35. The van der Waals surface area contributed by atoms with E-state index in [1.807, 2.05) is 18.2 Å². The fourth-order valence-corrected chi connectivity index (χ4v) is 3.46. The van der Waals surface area contributed by atoms with Crippen LogP contribution >= 0.6 is 0 Å². The number of aryl methyl sites for hydroxylation is 2. The minimum Gasteiger partial charge on any atom is -0.350 e. The maximum absolute atomic E-state index is 12.6. The number of hydrogen-bond donors (Lipinski definition) is 2. The summed E-state index contributed by atoms with van der Waals surface area (Å²) in [5.74, 6) is -0.0320. The number of carbonyl (C=O) groups excluding carboxylic acids is 1. The molecule has 7 nitrogen and oxygen atoms in total. The van der Waals surface area contributed by atoms with Gasteiger partial charge in [-0.1, -0.05) is 18.2 Å². The normalized spacial score (nSPS) is 16.6. The molecule has 25 heavy (non-hydrogen) atoms. The van der Waals surface area contributed by atoms with Crippen LogP contribution in [0.2, 0.25) is 0 Å². The second-order valence-electron chi connectivity index (χ2n) is 6.45. The van der Waals surface area contributed by atoms with Crippen molar-refractivity contribution in [3.63, 3.8) is 0 Å². The van der Waals surface area contributed by atoms with E-state index >= 15 is 0 Å². The van der Waals surface area contributed by atoms with Gasteiger partial charge in [0.2, 0.25) is 5.91 Å². The molecule has 0 saturated heterocycles. The maximum atomic E-state index is 12.6. The van der Waals surface area contributed by atoms with Crippen molar-refractivity contribution in [1.82, 2.24) is 25.3 Å². The lowest BCUT2D eigenvalue weighted by Gasteiger charge is -2.21. The van der Waals surface area contributed by atoms with Crippen molar-refractivity contribution in [3.8, 4) is 0 Å². The first-order valence-corrected chi connectivity index (χ1v) is 8.37. The van der Waals surface area contributed by atoms with Gasteiger partial charge in [-0.3, -0.25) is 14.7 Å². The average molecular weight is 337 g/mol. The van der Waals surface area contributed by atoms with Crippen LogP contribution in [0.5, 0.6) is 0 Å². The Morgan fingerprint density at radius 1 is 1.36 bits per heavy atom. The molecule has 7 heteroatoms. The van der Waals surface area contributed by atoms with Gasteiger partial charge in [-0.05, 0) is 30.9 Å². The number of nitrogens with one attached hydrogen (secondary N) is 2. The number of benzene rings is 1. The molecule has 1 aliphatic rings. The molecule has 0 bridgehead atoms. The lowest BCUT2D eigenvalue weighted by Crippen LogP contribution is -2.34. The van der Waals surface area contributed by atoms with Crippen LogP contribution in [0.1, 0.15) is 23.4 Å². The van der Waals surface area contributed by atoms with Crippen molar-refractivity contribution in [3.05, 3.63) is 57.8 Å². The summed E-state index contributed by atoms with van der Waals surface area (Å²) in [5, 5.41) is 15.7. The van der Waals surface area contributed by atoms with Crippen molar-refractivity contribution < 1.29 is 4.79 Å². The molecule has 0 aliphatic heterocycles. The van der Waals surface area contributed by atoms with E-state index in [0.717, 1.165) is 29.5 Å². The van der Waals surface area contributed by atoms with E-state index < -0.39 is 0 Å². The first-order chi connectivity index (χ1) is 12.1. The minimum atomic E-state index is -0.134. The average Bonchev–Trinajstić information content (AvgIpc) is 3.11. The van der Waals surface area contributed by atoms with Crippen LogP contribution in [0.4, 0.5) is 0 Å². The standard InChI is InChI=1S/C18H19N5O2/c1-23-18(25)14-5-3-2-4-13(14)16(22-23)10-19-17(24)11-6-7-15-12(8-11)9-20-21-15/h2-5,9,11H,6-8,10H2,1H3,(H,19,24)(H,20,21). The van der Waals surface area contributed by atoms with Crippen molar-refractivity contribution in [1.29, 1.82) is 0 Å². The third kappa shape index (κ3) is 2.82. The molecule has 0 fully saturated rings. The minimum absolute atomic E-state index is 0.0200. The first-order valence-electron chi connectivity index (χ1n) is 8.37. The first kappa shape index (κ1) is 15.6. The topological polar surface area (TPSA) is 92.7 Å². The summed E-state index contributed by atoms with van der Waals surface area (Å²) in [5.41, 5.74) is 2.82. The van der Waals surface area contributed by atoms with Gasteiger partial charge in [0.25, 0.3) is 5.56 Å². The van der Waals surface area contributed by atoms with E-state index in [4.69, 9.17) is 0 Å². The van der Waals surface area contributed by atoms with E-state index in [1.165, 1.54) is 4.68 Å². The molecular weight excluding hydrogens is 318 g/mol. The predicted molar refractivity (Wildman–Crippen MR) is 92.9 cm³/mol. The maximum Gasteiger partial charge on any atom is 0.274 e. The quantitative estimate of drug-likeness (QED) is 0.748. The van der Waals surface area contributed by atoms with Crippen LogP contribution in [0.25, 0.3) is 10.8 Å². The molecule has 3 aromatic rings. The highest BCUT2D eigenvalue weighted by molar-refractivity contribution is 5.84. The smallest absolute Gasteiger partial charge is 0.274 e. The van der Waals surface area contributed by atoms with Crippen molar-refractivity contribution in [2.75, 3.05) is 0 Å². The van der Waals surface area contributed by atoms with Crippen molar-refractivity contribution in [2.24, 2.45) is 13.0 Å². The van der Waals surface area contributed by atoms with Gasteiger partial charge in [0.05, 0.1) is 23.8 Å². The van der Waals surface area contributed by atoms with Crippen LogP contribution in [-0.2, 0) is 31.2 Å². The largest absolute Gasteiger partial charge is 0.350 e. The molecule has 1 amide bonds. The molecule has 1 atom stereocenters. The van der Waals surface area contributed by atoms with Crippen LogP contribution < -0.4 is 10.9 Å². The molecule has 1 aromatic carbocycles. The molecule has 2 aromatic heterocycles. The van der Waals surface area contributed by atoms with Crippen LogP contribution in [0, 0.1) is 5.92 Å². The van der Waals surface area contributed by atoms with Gasteiger partial charge < -0.3 is 5.32 Å². The van der Waals surface area contributed by atoms with E-state index in [2.05, 4.69) is 20.6 Å². The number of carbonyl (C=O) groups is 1. The highest BCUT2D eigenvalue weighted by atomic mass is 16.2. The third-order valence-corrected chi connectivity index (χ3v) is 4.85. The number of H-pyrrole nitrogens is 1. The molecule has 1 aliphatic carbocycles. The molecule has 2 N–H and O–H groups in total. The zero-order valence-electron chi connectivity index (χ0n) is 14.0. The highest BCUT2D eigenvalue weighted by Gasteiger charge is 2.25. The molecule has 2 heterocycles. The lowest BCUT2D eigenvalue weighted by atomic mass is 9.87.